The van der Waals surface area contributed by atoms with E-state index in [1.54, 1.807) is 41.8 Å². The molecule has 2 aromatic carbocycles. The molecule has 0 aliphatic rings. The summed E-state index contributed by atoms with van der Waals surface area (Å²) in [6.07, 6.45) is 0. The predicted molar refractivity (Wildman–Crippen MR) is 122 cm³/mol. The van der Waals surface area contributed by atoms with Gasteiger partial charge in [-0.2, -0.15) is 0 Å². The first-order valence-corrected chi connectivity index (χ1v) is 10.8. The summed E-state index contributed by atoms with van der Waals surface area (Å²) >= 11 is 3.27. The number of aryl methyl sites for hydroxylation is 1. The van der Waals surface area contributed by atoms with Crippen LogP contribution in [0.15, 0.2) is 57.8 Å². The van der Waals surface area contributed by atoms with Crippen LogP contribution in [0.1, 0.15) is 41.0 Å². The minimum absolute atomic E-state index is 0.0426. The van der Waals surface area contributed by atoms with Crippen LogP contribution in [-0.4, -0.2) is 16.5 Å². The SMILES string of the molecule is Cc1cc(OCc2ccc(F)cc2F)c(Br)c(=O)n1Cc1ccc(C(=O)NC(C)C)cc1. The van der Waals surface area contributed by atoms with Crippen molar-refractivity contribution in [3.8, 4) is 5.75 Å². The molecule has 1 heterocycles. The van der Waals surface area contributed by atoms with E-state index in [2.05, 4.69) is 21.2 Å². The molecule has 0 saturated heterocycles. The Morgan fingerprint density at radius 2 is 1.81 bits per heavy atom. The highest BCUT2D eigenvalue weighted by atomic mass is 79.9. The highest BCUT2D eigenvalue weighted by molar-refractivity contribution is 9.10. The van der Waals surface area contributed by atoms with E-state index in [1.807, 2.05) is 13.8 Å². The number of benzene rings is 2. The summed E-state index contributed by atoms with van der Waals surface area (Å²) in [5, 5.41) is 2.83. The van der Waals surface area contributed by atoms with Gasteiger partial charge in [-0.3, -0.25) is 9.59 Å². The van der Waals surface area contributed by atoms with Crippen molar-refractivity contribution >= 4 is 21.8 Å². The van der Waals surface area contributed by atoms with Gasteiger partial charge in [0.15, 0.2) is 0 Å². The van der Waals surface area contributed by atoms with Gasteiger partial charge in [0, 0.05) is 35.0 Å². The zero-order valence-corrected chi connectivity index (χ0v) is 19.5. The van der Waals surface area contributed by atoms with E-state index in [9.17, 15) is 18.4 Å². The quantitative estimate of drug-likeness (QED) is 0.494. The third-order valence-electron chi connectivity index (χ3n) is 4.79. The molecule has 168 valence electrons. The number of halogens is 3. The first-order valence-electron chi connectivity index (χ1n) is 10.0. The lowest BCUT2D eigenvalue weighted by Crippen LogP contribution is -2.30. The number of pyridine rings is 1. The molecule has 3 rings (SSSR count). The number of rotatable bonds is 7. The van der Waals surface area contributed by atoms with Gasteiger partial charge in [-0.05, 0) is 66.5 Å². The van der Waals surface area contributed by atoms with E-state index >= 15 is 0 Å². The molecular weight excluding hydrogens is 482 g/mol. The molecule has 5 nitrogen and oxygen atoms in total. The van der Waals surface area contributed by atoms with Gasteiger partial charge < -0.3 is 14.6 Å². The van der Waals surface area contributed by atoms with E-state index in [0.717, 1.165) is 17.7 Å². The first-order chi connectivity index (χ1) is 15.2. The second-order valence-electron chi connectivity index (χ2n) is 7.70. The summed E-state index contributed by atoms with van der Waals surface area (Å²) in [6, 6.07) is 12.0. The molecule has 32 heavy (non-hydrogen) atoms. The highest BCUT2D eigenvalue weighted by Crippen LogP contribution is 2.24. The molecular formula is C24H23BrF2N2O3. The maximum atomic E-state index is 13.8. The fourth-order valence-corrected chi connectivity index (χ4v) is 3.54. The summed E-state index contributed by atoms with van der Waals surface area (Å²) < 4.78 is 34.3. The number of amides is 1. The topological polar surface area (TPSA) is 60.3 Å². The van der Waals surface area contributed by atoms with Crippen LogP contribution in [0.25, 0.3) is 0 Å². The summed E-state index contributed by atoms with van der Waals surface area (Å²) in [6.45, 7) is 5.71. The predicted octanol–water partition coefficient (Wildman–Crippen LogP) is 4.96. The van der Waals surface area contributed by atoms with E-state index in [1.165, 1.54) is 6.07 Å². The Bertz CT molecular complexity index is 1190. The van der Waals surface area contributed by atoms with Crippen molar-refractivity contribution in [2.75, 3.05) is 0 Å². The van der Waals surface area contributed by atoms with Crippen LogP contribution in [0.2, 0.25) is 0 Å². The molecule has 0 atom stereocenters. The van der Waals surface area contributed by atoms with Gasteiger partial charge in [0.2, 0.25) is 0 Å². The normalized spacial score (nSPS) is 11.0. The number of nitrogens with zero attached hydrogens (tertiary/aromatic N) is 1. The van der Waals surface area contributed by atoms with Crippen LogP contribution in [0, 0.1) is 18.6 Å². The number of hydrogen-bond donors (Lipinski definition) is 1. The summed E-state index contributed by atoms with van der Waals surface area (Å²) in [5.74, 6) is -1.26. The average molecular weight is 505 g/mol. The molecule has 8 heteroatoms. The largest absolute Gasteiger partial charge is 0.487 e. The molecule has 0 radical (unpaired) electrons. The van der Waals surface area contributed by atoms with E-state index < -0.39 is 11.6 Å². The Morgan fingerprint density at radius 3 is 2.44 bits per heavy atom. The van der Waals surface area contributed by atoms with Crippen LogP contribution in [0.4, 0.5) is 8.78 Å². The van der Waals surface area contributed by atoms with Crippen LogP contribution < -0.4 is 15.6 Å². The minimum Gasteiger partial charge on any atom is -0.487 e. The van der Waals surface area contributed by atoms with Crippen molar-refractivity contribution in [1.82, 2.24) is 9.88 Å². The van der Waals surface area contributed by atoms with Gasteiger partial charge in [-0.1, -0.05) is 12.1 Å². The van der Waals surface area contributed by atoms with Crippen molar-refractivity contribution in [3.63, 3.8) is 0 Å². The van der Waals surface area contributed by atoms with Crippen molar-refractivity contribution in [1.29, 1.82) is 0 Å². The standard InChI is InChI=1S/C24H23BrF2N2O3/c1-14(2)28-23(30)17-6-4-16(5-7-17)12-29-15(3)10-21(22(25)24(29)31)32-13-18-8-9-19(26)11-20(18)27/h4-11,14H,12-13H2,1-3H3,(H,28,30). The average Bonchev–Trinajstić information content (AvgIpc) is 2.73. The molecule has 1 N–H and O–H groups in total. The minimum atomic E-state index is -0.711. The molecule has 3 aromatic rings. The number of ether oxygens (including phenoxy) is 1. The second kappa shape index (κ2) is 10.1. The van der Waals surface area contributed by atoms with Gasteiger partial charge in [0.25, 0.3) is 11.5 Å². The van der Waals surface area contributed by atoms with Crippen molar-refractivity contribution in [2.45, 2.75) is 40.0 Å². The third kappa shape index (κ3) is 5.62. The summed E-state index contributed by atoms with van der Waals surface area (Å²) in [7, 11) is 0. The Labute approximate surface area is 193 Å². The number of aromatic nitrogens is 1. The van der Waals surface area contributed by atoms with Gasteiger partial charge in [0.1, 0.15) is 28.5 Å². The summed E-state index contributed by atoms with van der Waals surface area (Å²) in [5.41, 5.74) is 1.92. The molecule has 0 unspecified atom stereocenters. The smallest absolute Gasteiger partial charge is 0.269 e. The molecule has 0 fully saturated rings. The number of carbonyl (C=O) groups is 1. The Balaban J connectivity index is 1.77. The Hall–Kier alpha value is -3.00. The fraction of sp³-hybridized carbons (Fsp3) is 0.250. The molecule has 0 aliphatic carbocycles. The van der Waals surface area contributed by atoms with Crippen LogP contribution >= 0.6 is 15.9 Å². The third-order valence-corrected chi connectivity index (χ3v) is 5.52. The van der Waals surface area contributed by atoms with E-state index in [4.69, 9.17) is 4.74 Å². The van der Waals surface area contributed by atoms with Crippen molar-refractivity contribution in [3.05, 3.63) is 97.4 Å². The zero-order valence-electron chi connectivity index (χ0n) is 17.9. The Kier molecular flexibility index (Phi) is 7.45. The first kappa shape index (κ1) is 23.7. The fourth-order valence-electron chi connectivity index (χ4n) is 3.10. The lowest BCUT2D eigenvalue weighted by molar-refractivity contribution is 0.0943. The molecule has 0 spiro atoms. The van der Waals surface area contributed by atoms with E-state index in [0.29, 0.717) is 17.8 Å². The number of carbonyl (C=O) groups excluding carboxylic acids is 1. The van der Waals surface area contributed by atoms with Crippen molar-refractivity contribution in [2.24, 2.45) is 0 Å². The Morgan fingerprint density at radius 1 is 1.12 bits per heavy atom. The second-order valence-corrected chi connectivity index (χ2v) is 8.50. The molecule has 0 aliphatic heterocycles. The van der Waals surface area contributed by atoms with Gasteiger partial charge in [-0.15, -0.1) is 0 Å². The zero-order chi connectivity index (χ0) is 23.4. The van der Waals surface area contributed by atoms with Gasteiger partial charge in [0.05, 0.1) is 6.54 Å². The van der Waals surface area contributed by atoms with Crippen LogP contribution in [-0.2, 0) is 13.2 Å². The maximum Gasteiger partial charge on any atom is 0.269 e. The monoisotopic (exact) mass is 504 g/mol. The lowest BCUT2D eigenvalue weighted by Gasteiger charge is -2.15. The van der Waals surface area contributed by atoms with Gasteiger partial charge >= 0.3 is 0 Å². The highest BCUT2D eigenvalue weighted by Gasteiger charge is 2.14. The number of hydrogen-bond acceptors (Lipinski definition) is 3. The van der Waals surface area contributed by atoms with Crippen LogP contribution in [0.5, 0.6) is 5.75 Å². The molecule has 1 aromatic heterocycles. The van der Waals surface area contributed by atoms with Crippen molar-refractivity contribution < 1.29 is 18.3 Å². The maximum absolute atomic E-state index is 13.8. The van der Waals surface area contributed by atoms with Crippen LogP contribution in [0.3, 0.4) is 0 Å². The molecule has 0 saturated carbocycles. The molecule has 1 amide bonds. The van der Waals surface area contributed by atoms with Gasteiger partial charge in [-0.25, -0.2) is 8.78 Å². The summed E-state index contributed by atoms with van der Waals surface area (Å²) in [4.78, 5) is 25.0. The molecule has 0 bridgehead atoms. The lowest BCUT2D eigenvalue weighted by atomic mass is 10.1. The number of nitrogens with one attached hydrogen (secondary N) is 1. The van der Waals surface area contributed by atoms with E-state index in [-0.39, 0.29) is 39.9 Å².